The minimum absolute atomic E-state index is 0.137. The Morgan fingerprint density at radius 2 is 2.07 bits per heavy atom. The first-order valence-electron chi connectivity index (χ1n) is 5.38. The third kappa shape index (κ3) is 2.12. The van der Waals surface area contributed by atoms with E-state index in [2.05, 4.69) is 30.7 Å². The van der Waals surface area contributed by atoms with Crippen molar-refractivity contribution < 1.29 is 5.11 Å². The molecule has 0 aromatic carbocycles. The Bertz CT molecular complexity index is 368. The fraction of sp³-hybridized carbons (Fsp3) is 0.583. The van der Waals surface area contributed by atoms with Gasteiger partial charge in [0.05, 0.1) is 0 Å². The van der Waals surface area contributed by atoms with Crippen LogP contribution >= 0.6 is 0 Å². The summed E-state index contributed by atoms with van der Waals surface area (Å²) in [6.07, 6.45) is 2.80. The van der Waals surface area contributed by atoms with Crippen LogP contribution in [0, 0.1) is 0 Å². The van der Waals surface area contributed by atoms with Gasteiger partial charge in [0, 0.05) is 30.9 Å². The SMILES string of the molecule is CC(C)(C)N1CCc2cc(O)ncc2C1. The molecule has 1 aromatic rings. The highest BCUT2D eigenvalue weighted by Crippen LogP contribution is 2.25. The molecule has 82 valence electrons. The third-order valence-corrected chi connectivity index (χ3v) is 3.03. The van der Waals surface area contributed by atoms with E-state index in [-0.39, 0.29) is 11.4 Å². The zero-order valence-electron chi connectivity index (χ0n) is 9.62. The summed E-state index contributed by atoms with van der Waals surface area (Å²) >= 11 is 0. The average Bonchev–Trinajstić information content (AvgIpc) is 2.15. The van der Waals surface area contributed by atoms with E-state index in [0.717, 1.165) is 19.5 Å². The molecule has 0 unspecified atom stereocenters. The van der Waals surface area contributed by atoms with Crippen molar-refractivity contribution in [3.63, 3.8) is 0 Å². The number of pyridine rings is 1. The average molecular weight is 206 g/mol. The number of aromatic hydroxyl groups is 1. The van der Waals surface area contributed by atoms with Crippen molar-refractivity contribution in [2.24, 2.45) is 0 Å². The number of aromatic nitrogens is 1. The van der Waals surface area contributed by atoms with Gasteiger partial charge in [0.15, 0.2) is 0 Å². The quantitative estimate of drug-likeness (QED) is 0.704. The maximum absolute atomic E-state index is 9.29. The molecule has 3 heteroatoms. The summed E-state index contributed by atoms with van der Waals surface area (Å²) in [5.41, 5.74) is 2.69. The summed E-state index contributed by atoms with van der Waals surface area (Å²) < 4.78 is 0. The van der Waals surface area contributed by atoms with Crippen molar-refractivity contribution in [1.29, 1.82) is 0 Å². The third-order valence-electron chi connectivity index (χ3n) is 3.03. The Morgan fingerprint density at radius 3 is 2.73 bits per heavy atom. The Morgan fingerprint density at radius 1 is 1.33 bits per heavy atom. The Kier molecular flexibility index (Phi) is 2.43. The summed E-state index contributed by atoms with van der Waals surface area (Å²) in [5, 5.41) is 9.29. The second-order valence-electron chi connectivity index (χ2n) is 5.15. The van der Waals surface area contributed by atoms with Crippen molar-refractivity contribution in [2.75, 3.05) is 6.54 Å². The van der Waals surface area contributed by atoms with Gasteiger partial charge in [-0.2, -0.15) is 0 Å². The molecule has 0 atom stereocenters. The standard InChI is InChI=1S/C12H18N2O/c1-12(2,3)14-5-4-9-6-11(15)13-7-10(9)8-14/h6-7H,4-5,8H2,1-3H3,(H,13,15). The molecule has 0 amide bonds. The second kappa shape index (κ2) is 3.49. The van der Waals surface area contributed by atoms with Gasteiger partial charge in [-0.15, -0.1) is 0 Å². The molecule has 0 radical (unpaired) electrons. The van der Waals surface area contributed by atoms with Crippen LogP contribution in [0.2, 0.25) is 0 Å². The van der Waals surface area contributed by atoms with Gasteiger partial charge in [-0.3, -0.25) is 4.90 Å². The molecule has 0 spiro atoms. The molecule has 1 aliphatic heterocycles. The van der Waals surface area contributed by atoms with E-state index in [9.17, 15) is 5.11 Å². The normalized spacial score (nSPS) is 17.5. The van der Waals surface area contributed by atoms with E-state index in [4.69, 9.17) is 0 Å². The van der Waals surface area contributed by atoms with Crippen LogP contribution in [0.25, 0.3) is 0 Å². The topological polar surface area (TPSA) is 36.4 Å². The van der Waals surface area contributed by atoms with E-state index in [0.29, 0.717) is 0 Å². The predicted molar refractivity (Wildman–Crippen MR) is 59.8 cm³/mol. The van der Waals surface area contributed by atoms with E-state index in [1.807, 2.05) is 0 Å². The Balaban J connectivity index is 2.24. The van der Waals surface area contributed by atoms with Gasteiger partial charge >= 0.3 is 0 Å². The Labute approximate surface area is 90.8 Å². The van der Waals surface area contributed by atoms with Crippen molar-refractivity contribution in [3.05, 3.63) is 23.4 Å². The zero-order chi connectivity index (χ0) is 11.1. The van der Waals surface area contributed by atoms with E-state index < -0.39 is 0 Å². The van der Waals surface area contributed by atoms with Gasteiger partial charge in [0.2, 0.25) is 5.88 Å². The lowest BCUT2D eigenvalue weighted by Crippen LogP contribution is -2.44. The molecule has 2 heterocycles. The number of fused-ring (bicyclic) bond motifs is 1. The number of hydrogen-bond donors (Lipinski definition) is 1. The van der Waals surface area contributed by atoms with Crippen LogP contribution < -0.4 is 0 Å². The van der Waals surface area contributed by atoms with Crippen LogP contribution in [0.15, 0.2) is 12.3 Å². The van der Waals surface area contributed by atoms with Gasteiger partial charge in [0.25, 0.3) is 0 Å². The molecule has 1 aromatic heterocycles. The van der Waals surface area contributed by atoms with Crippen LogP contribution in [0.5, 0.6) is 5.88 Å². The molecular formula is C12H18N2O. The number of nitrogens with zero attached hydrogens (tertiary/aromatic N) is 2. The lowest BCUT2D eigenvalue weighted by molar-refractivity contribution is 0.120. The van der Waals surface area contributed by atoms with Gasteiger partial charge in [-0.05, 0) is 38.3 Å². The van der Waals surface area contributed by atoms with Crippen LogP contribution in [-0.4, -0.2) is 27.1 Å². The fourth-order valence-electron chi connectivity index (χ4n) is 2.00. The number of hydrogen-bond acceptors (Lipinski definition) is 3. The van der Waals surface area contributed by atoms with Gasteiger partial charge in [-0.1, -0.05) is 0 Å². The Hall–Kier alpha value is -1.09. The largest absolute Gasteiger partial charge is 0.493 e. The minimum atomic E-state index is 0.137. The molecule has 2 rings (SSSR count). The van der Waals surface area contributed by atoms with Crippen molar-refractivity contribution in [2.45, 2.75) is 39.3 Å². The molecule has 0 bridgehead atoms. The summed E-state index contributed by atoms with van der Waals surface area (Å²) in [4.78, 5) is 6.38. The first kappa shape index (κ1) is 10.4. The number of rotatable bonds is 0. The molecule has 0 saturated carbocycles. The molecule has 3 nitrogen and oxygen atoms in total. The van der Waals surface area contributed by atoms with Crippen molar-refractivity contribution >= 4 is 0 Å². The minimum Gasteiger partial charge on any atom is -0.493 e. The second-order valence-corrected chi connectivity index (χ2v) is 5.15. The molecular weight excluding hydrogens is 188 g/mol. The first-order chi connectivity index (χ1) is 6.97. The van der Waals surface area contributed by atoms with E-state index in [1.54, 1.807) is 12.3 Å². The maximum atomic E-state index is 9.29. The summed E-state index contributed by atoms with van der Waals surface area (Å²) in [6, 6.07) is 1.79. The maximum Gasteiger partial charge on any atom is 0.210 e. The van der Waals surface area contributed by atoms with Crippen molar-refractivity contribution in [3.8, 4) is 5.88 Å². The van der Waals surface area contributed by atoms with Gasteiger partial charge in [0.1, 0.15) is 0 Å². The monoisotopic (exact) mass is 206 g/mol. The van der Waals surface area contributed by atoms with Crippen LogP contribution in [0.1, 0.15) is 31.9 Å². The summed E-state index contributed by atoms with van der Waals surface area (Å²) in [7, 11) is 0. The lowest BCUT2D eigenvalue weighted by atomic mass is 9.96. The predicted octanol–water partition coefficient (Wildman–Crippen LogP) is 1.94. The summed E-state index contributed by atoms with van der Waals surface area (Å²) in [5.74, 6) is 0.137. The molecule has 0 aliphatic carbocycles. The molecule has 0 saturated heterocycles. The van der Waals surface area contributed by atoms with E-state index in [1.165, 1.54) is 11.1 Å². The highest BCUT2D eigenvalue weighted by molar-refractivity contribution is 5.30. The molecule has 1 aliphatic rings. The van der Waals surface area contributed by atoms with Crippen LogP contribution in [-0.2, 0) is 13.0 Å². The smallest absolute Gasteiger partial charge is 0.210 e. The van der Waals surface area contributed by atoms with Crippen molar-refractivity contribution in [1.82, 2.24) is 9.88 Å². The highest BCUT2D eigenvalue weighted by Gasteiger charge is 2.25. The summed E-state index contributed by atoms with van der Waals surface area (Å²) in [6.45, 7) is 8.68. The molecule has 1 N–H and O–H groups in total. The first-order valence-corrected chi connectivity index (χ1v) is 5.38. The molecule has 15 heavy (non-hydrogen) atoms. The molecule has 0 fully saturated rings. The van der Waals surface area contributed by atoms with Crippen LogP contribution in [0.3, 0.4) is 0 Å². The van der Waals surface area contributed by atoms with Crippen LogP contribution in [0.4, 0.5) is 0 Å². The van der Waals surface area contributed by atoms with Gasteiger partial charge in [-0.25, -0.2) is 4.98 Å². The fourth-order valence-corrected chi connectivity index (χ4v) is 2.00. The van der Waals surface area contributed by atoms with E-state index >= 15 is 0 Å². The zero-order valence-corrected chi connectivity index (χ0v) is 9.62. The van der Waals surface area contributed by atoms with Gasteiger partial charge < -0.3 is 5.11 Å². The highest BCUT2D eigenvalue weighted by atomic mass is 16.3. The lowest BCUT2D eigenvalue weighted by Gasteiger charge is -2.39.